The molecule has 37 heavy (non-hydrogen) atoms. The van der Waals surface area contributed by atoms with Gasteiger partial charge < -0.3 is 15.0 Å². The van der Waals surface area contributed by atoms with Gasteiger partial charge in [-0.05, 0) is 47.3 Å². The fraction of sp³-hybridized carbons (Fsp3) is 0.393. The third-order valence-corrected chi connectivity index (χ3v) is 8.45. The SMILES string of the molecule is CC/C=C/CC(=O)OC[N+]1(CCc2cc3c(cc2Cl)NC(=O)C3)CCN(c2nsc3ccccc23)CC1. The number of hydrogen-bond acceptors (Lipinski definition) is 6. The minimum absolute atomic E-state index is 0.00133. The van der Waals surface area contributed by atoms with Crippen molar-refractivity contribution in [2.24, 2.45) is 0 Å². The summed E-state index contributed by atoms with van der Waals surface area (Å²) in [6.45, 7) is 6.52. The van der Waals surface area contributed by atoms with E-state index in [0.29, 0.717) is 29.1 Å². The van der Waals surface area contributed by atoms with Crippen LogP contribution in [0.5, 0.6) is 0 Å². The molecule has 0 spiro atoms. The third kappa shape index (κ3) is 5.81. The molecular weight excluding hydrogens is 508 g/mol. The lowest BCUT2D eigenvalue weighted by Gasteiger charge is -2.44. The van der Waals surface area contributed by atoms with E-state index in [-0.39, 0.29) is 11.9 Å². The zero-order valence-electron chi connectivity index (χ0n) is 21.0. The Kier molecular flexibility index (Phi) is 7.79. The number of carbonyl (C=O) groups excluding carboxylic acids is 2. The summed E-state index contributed by atoms with van der Waals surface area (Å²) in [5.74, 6) is 0.843. The largest absolute Gasteiger partial charge is 0.415 e. The molecule has 9 heteroatoms. The second kappa shape index (κ2) is 11.2. The number of anilines is 2. The molecule has 2 aliphatic rings. The number of fused-ring (bicyclic) bond motifs is 2. The number of halogens is 1. The van der Waals surface area contributed by atoms with E-state index in [1.165, 1.54) is 21.6 Å². The molecule has 1 fully saturated rings. The summed E-state index contributed by atoms with van der Waals surface area (Å²) >= 11 is 8.13. The second-order valence-corrected chi connectivity index (χ2v) is 11.0. The summed E-state index contributed by atoms with van der Waals surface area (Å²) in [6.07, 6.45) is 6.18. The van der Waals surface area contributed by atoms with Crippen LogP contribution in [-0.4, -0.2) is 60.2 Å². The van der Waals surface area contributed by atoms with Gasteiger partial charge in [0.25, 0.3) is 0 Å². The molecule has 7 nitrogen and oxygen atoms in total. The smallest absolute Gasteiger partial charge is 0.313 e. The number of hydrogen-bond donors (Lipinski definition) is 1. The molecule has 0 atom stereocenters. The van der Waals surface area contributed by atoms with Crippen molar-refractivity contribution in [3.63, 3.8) is 0 Å². The van der Waals surface area contributed by atoms with Crippen molar-refractivity contribution < 1.29 is 18.8 Å². The number of aromatic nitrogens is 1. The number of amides is 1. The standard InChI is InChI=1S/C28H31ClN4O3S/c1-2-3-4-9-27(35)36-19-33(13-10-20-16-21-17-26(34)30-24(21)18-23(20)29)14-11-32(12-15-33)28-22-7-5-6-8-25(22)37-31-28/h3-8,16,18H,2,9-15,17,19H2,1H3/p+1/b4-3+. The van der Waals surface area contributed by atoms with Crippen LogP contribution in [0.2, 0.25) is 5.02 Å². The highest BCUT2D eigenvalue weighted by Gasteiger charge is 2.35. The molecule has 0 unspecified atom stereocenters. The summed E-state index contributed by atoms with van der Waals surface area (Å²) in [6, 6.07) is 12.2. The summed E-state index contributed by atoms with van der Waals surface area (Å²) < 4.78 is 12.4. The minimum Gasteiger partial charge on any atom is -0.415 e. The number of esters is 1. The molecule has 2 aliphatic heterocycles. The molecule has 194 valence electrons. The number of allylic oxidation sites excluding steroid dienone is 1. The highest BCUT2D eigenvalue weighted by molar-refractivity contribution is 7.13. The first-order chi connectivity index (χ1) is 18.0. The van der Waals surface area contributed by atoms with Crippen LogP contribution in [0, 0.1) is 0 Å². The fourth-order valence-electron chi connectivity index (χ4n) is 5.08. The topological polar surface area (TPSA) is 71.5 Å². The highest BCUT2D eigenvalue weighted by atomic mass is 35.5. The Balaban J connectivity index is 1.30. The van der Waals surface area contributed by atoms with Crippen LogP contribution in [-0.2, 0) is 27.2 Å². The second-order valence-electron chi connectivity index (χ2n) is 9.81. The van der Waals surface area contributed by atoms with Crippen LogP contribution in [0.25, 0.3) is 10.1 Å². The van der Waals surface area contributed by atoms with Gasteiger partial charge in [-0.25, -0.2) is 0 Å². The van der Waals surface area contributed by atoms with Gasteiger partial charge in [0.1, 0.15) is 0 Å². The lowest BCUT2D eigenvalue weighted by molar-refractivity contribution is -0.943. The zero-order valence-corrected chi connectivity index (χ0v) is 22.6. The Hall–Kier alpha value is -2.94. The first-order valence-corrected chi connectivity index (χ1v) is 14.0. The maximum absolute atomic E-state index is 12.4. The Morgan fingerprint density at radius 2 is 2.05 bits per heavy atom. The van der Waals surface area contributed by atoms with Gasteiger partial charge in [0.05, 0.1) is 50.3 Å². The van der Waals surface area contributed by atoms with Crippen LogP contribution in [0.15, 0.2) is 48.6 Å². The third-order valence-electron chi connectivity index (χ3n) is 7.29. The zero-order chi connectivity index (χ0) is 25.8. The molecule has 0 aliphatic carbocycles. The van der Waals surface area contributed by atoms with E-state index in [4.69, 9.17) is 20.7 Å². The molecule has 0 bridgehead atoms. The summed E-state index contributed by atoms with van der Waals surface area (Å²) in [5.41, 5.74) is 2.82. The molecule has 1 aromatic heterocycles. The number of nitrogens with zero attached hydrogens (tertiary/aromatic N) is 3. The van der Waals surface area contributed by atoms with Crippen LogP contribution in [0.3, 0.4) is 0 Å². The average Bonchev–Trinajstić information content (AvgIpc) is 3.49. The molecule has 0 saturated carbocycles. The van der Waals surface area contributed by atoms with E-state index < -0.39 is 0 Å². The first-order valence-electron chi connectivity index (χ1n) is 12.8. The Morgan fingerprint density at radius 1 is 1.24 bits per heavy atom. The van der Waals surface area contributed by atoms with Gasteiger partial charge in [0, 0.05) is 22.5 Å². The van der Waals surface area contributed by atoms with Crippen molar-refractivity contribution in [1.82, 2.24) is 4.37 Å². The van der Waals surface area contributed by atoms with Gasteiger partial charge in [-0.1, -0.05) is 48.9 Å². The number of piperazine rings is 1. The fourth-order valence-corrected chi connectivity index (χ4v) is 6.14. The van der Waals surface area contributed by atoms with Crippen molar-refractivity contribution in [2.75, 3.05) is 49.7 Å². The number of quaternary nitrogens is 1. The van der Waals surface area contributed by atoms with Crippen LogP contribution < -0.4 is 10.2 Å². The summed E-state index contributed by atoms with van der Waals surface area (Å²) in [7, 11) is 0. The predicted molar refractivity (Wildman–Crippen MR) is 149 cm³/mol. The van der Waals surface area contributed by atoms with Crippen LogP contribution >= 0.6 is 23.1 Å². The molecule has 0 radical (unpaired) electrons. The van der Waals surface area contributed by atoms with Crippen molar-refractivity contribution in [1.29, 1.82) is 0 Å². The minimum atomic E-state index is -0.199. The monoisotopic (exact) mass is 539 g/mol. The number of benzene rings is 2. The molecule has 3 aromatic rings. The summed E-state index contributed by atoms with van der Waals surface area (Å²) in [5, 5.41) is 4.71. The van der Waals surface area contributed by atoms with Gasteiger partial charge >= 0.3 is 5.97 Å². The van der Waals surface area contributed by atoms with E-state index in [1.807, 2.05) is 37.3 Å². The van der Waals surface area contributed by atoms with E-state index >= 15 is 0 Å². The quantitative estimate of drug-likeness (QED) is 0.230. The van der Waals surface area contributed by atoms with Crippen LogP contribution in [0.4, 0.5) is 11.5 Å². The van der Waals surface area contributed by atoms with E-state index in [0.717, 1.165) is 68.2 Å². The van der Waals surface area contributed by atoms with Crippen LogP contribution in [0.1, 0.15) is 30.9 Å². The number of carbonyl (C=O) groups is 2. The van der Waals surface area contributed by atoms with E-state index in [9.17, 15) is 9.59 Å². The summed E-state index contributed by atoms with van der Waals surface area (Å²) in [4.78, 5) is 26.6. The first kappa shape index (κ1) is 25.7. The van der Waals surface area contributed by atoms with Gasteiger partial charge in [0.2, 0.25) is 12.6 Å². The Labute approximate surface area is 226 Å². The number of ether oxygens (including phenoxy) is 1. The van der Waals surface area contributed by atoms with Crippen molar-refractivity contribution in [3.05, 3.63) is 64.7 Å². The van der Waals surface area contributed by atoms with Crippen molar-refractivity contribution in [2.45, 2.75) is 32.6 Å². The molecular formula is C28H32ClN4O3S+. The average molecular weight is 540 g/mol. The molecule has 1 saturated heterocycles. The van der Waals surface area contributed by atoms with E-state index in [1.54, 1.807) is 0 Å². The molecule has 2 aromatic carbocycles. The normalized spacial score (nSPS) is 16.8. The van der Waals surface area contributed by atoms with E-state index in [2.05, 4.69) is 28.4 Å². The lowest BCUT2D eigenvalue weighted by Crippen LogP contribution is -2.61. The van der Waals surface area contributed by atoms with Gasteiger partial charge in [-0.2, -0.15) is 4.37 Å². The Morgan fingerprint density at radius 3 is 2.86 bits per heavy atom. The molecule has 3 heterocycles. The number of nitrogens with one attached hydrogen (secondary N) is 1. The molecule has 1 amide bonds. The molecule has 1 N–H and O–H groups in total. The van der Waals surface area contributed by atoms with Gasteiger partial charge in [0.15, 0.2) is 5.82 Å². The maximum Gasteiger partial charge on any atom is 0.313 e. The highest BCUT2D eigenvalue weighted by Crippen LogP contribution is 2.32. The lowest BCUT2D eigenvalue weighted by atomic mass is 10.0. The number of rotatable bonds is 9. The van der Waals surface area contributed by atoms with Crippen molar-refractivity contribution in [3.8, 4) is 0 Å². The maximum atomic E-state index is 12.4. The van der Waals surface area contributed by atoms with Gasteiger partial charge in [-0.15, -0.1) is 0 Å². The van der Waals surface area contributed by atoms with Gasteiger partial charge in [-0.3, -0.25) is 14.1 Å². The predicted octanol–water partition coefficient (Wildman–Crippen LogP) is 5.18. The van der Waals surface area contributed by atoms with Crippen molar-refractivity contribution >= 4 is 56.6 Å². The Bertz CT molecular complexity index is 1330. The molecule has 5 rings (SSSR count).